The third-order valence-electron chi connectivity index (χ3n) is 4.46. The number of fused-ring (bicyclic) bond motifs is 1. The van der Waals surface area contributed by atoms with Crippen molar-refractivity contribution in [2.45, 2.75) is 25.8 Å². The first-order valence-electron chi connectivity index (χ1n) is 8.68. The van der Waals surface area contributed by atoms with Crippen LogP contribution >= 0.6 is 0 Å². The zero-order valence-corrected chi connectivity index (χ0v) is 14.7. The van der Waals surface area contributed by atoms with Crippen LogP contribution in [0.15, 0.2) is 29.1 Å². The fraction of sp³-hybridized carbons (Fsp3) is 0.444. The molecule has 0 saturated carbocycles. The molecular weight excluding hydrogens is 336 g/mol. The van der Waals surface area contributed by atoms with Gasteiger partial charge in [-0.2, -0.15) is 0 Å². The SMILES string of the molecule is COC(=O)CNC(=O)CCn1c(=O)c(N2CCCC2)nc2ccccc21. The monoisotopic (exact) mass is 358 g/mol. The van der Waals surface area contributed by atoms with Crippen molar-refractivity contribution >= 4 is 28.7 Å². The van der Waals surface area contributed by atoms with E-state index in [1.165, 1.54) is 7.11 Å². The number of aryl methyl sites for hydroxylation is 1. The largest absolute Gasteiger partial charge is 0.468 e. The maximum atomic E-state index is 12.9. The number of aromatic nitrogens is 2. The maximum Gasteiger partial charge on any atom is 0.325 e. The van der Waals surface area contributed by atoms with Crippen LogP contribution in [-0.4, -0.2) is 48.2 Å². The first-order valence-corrected chi connectivity index (χ1v) is 8.68. The summed E-state index contributed by atoms with van der Waals surface area (Å²) in [5.74, 6) is -0.386. The van der Waals surface area contributed by atoms with Gasteiger partial charge in [-0.25, -0.2) is 4.98 Å². The molecule has 1 saturated heterocycles. The maximum absolute atomic E-state index is 12.9. The molecule has 1 aliphatic rings. The van der Waals surface area contributed by atoms with Gasteiger partial charge in [-0.05, 0) is 25.0 Å². The topological polar surface area (TPSA) is 93.5 Å². The quantitative estimate of drug-likeness (QED) is 0.763. The Bertz CT molecular complexity index is 871. The molecule has 1 fully saturated rings. The van der Waals surface area contributed by atoms with E-state index >= 15 is 0 Å². The second-order valence-electron chi connectivity index (χ2n) is 6.18. The number of amides is 1. The minimum atomic E-state index is -0.513. The summed E-state index contributed by atoms with van der Waals surface area (Å²) in [5, 5.41) is 2.49. The number of nitrogens with zero attached hydrogens (tertiary/aromatic N) is 3. The molecule has 1 aromatic heterocycles. The Morgan fingerprint density at radius 3 is 2.69 bits per heavy atom. The number of para-hydroxylation sites is 2. The van der Waals surface area contributed by atoms with Crippen molar-refractivity contribution in [1.29, 1.82) is 0 Å². The van der Waals surface area contributed by atoms with Crippen LogP contribution in [0.4, 0.5) is 5.82 Å². The lowest BCUT2D eigenvalue weighted by molar-refractivity contribution is -0.141. The Morgan fingerprint density at radius 2 is 1.96 bits per heavy atom. The van der Waals surface area contributed by atoms with Crippen molar-refractivity contribution < 1.29 is 14.3 Å². The fourth-order valence-electron chi connectivity index (χ4n) is 3.08. The Morgan fingerprint density at radius 1 is 1.23 bits per heavy atom. The molecule has 1 aromatic carbocycles. The number of rotatable bonds is 6. The lowest BCUT2D eigenvalue weighted by atomic mass is 10.2. The van der Waals surface area contributed by atoms with Gasteiger partial charge in [-0.15, -0.1) is 0 Å². The molecule has 0 atom stereocenters. The summed E-state index contributed by atoms with van der Waals surface area (Å²) in [7, 11) is 1.26. The normalized spacial score (nSPS) is 13.8. The van der Waals surface area contributed by atoms with E-state index in [4.69, 9.17) is 0 Å². The third kappa shape index (κ3) is 3.84. The summed E-state index contributed by atoms with van der Waals surface area (Å²) in [6.07, 6.45) is 2.18. The van der Waals surface area contributed by atoms with E-state index in [-0.39, 0.29) is 31.0 Å². The number of carbonyl (C=O) groups excluding carboxylic acids is 2. The Balaban J connectivity index is 1.84. The van der Waals surface area contributed by atoms with Gasteiger partial charge in [0.1, 0.15) is 6.54 Å². The Kier molecular flexibility index (Phi) is 5.50. The summed E-state index contributed by atoms with van der Waals surface area (Å²) in [6, 6.07) is 7.40. The van der Waals surface area contributed by atoms with E-state index in [1.54, 1.807) is 4.57 Å². The molecule has 0 unspecified atom stereocenters. The van der Waals surface area contributed by atoms with E-state index in [9.17, 15) is 14.4 Å². The minimum absolute atomic E-state index is 0.0876. The van der Waals surface area contributed by atoms with Crippen molar-refractivity contribution in [3.05, 3.63) is 34.6 Å². The number of nitrogens with one attached hydrogen (secondary N) is 1. The summed E-state index contributed by atoms with van der Waals surface area (Å²) in [6.45, 7) is 1.68. The van der Waals surface area contributed by atoms with Gasteiger partial charge in [0, 0.05) is 26.1 Å². The van der Waals surface area contributed by atoms with Crippen molar-refractivity contribution in [2.75, 3.05) is 31.6 Å². The van der Waals surface area contributed by atoms with Crippen LogP contribution in [-0.2, 0) is 20.9 Å². The zero-order chi connectivity index (χ0) is 18.5. The molecule has 1 N–H and O–H groups in total. The van der Waals surface area contributed by atoms with Crippen LogP contribution in [0.5, 0.6) is 0 Å². The highest BCUT2D eigenvalue weighted by molar-refractivity contribution is 5.82. The number of hydrogen-bond acceptors (Lipinski definition) is 6. The fourth-order valence-corrected chi connectivity index (χ4v) is 3.08. The molecule has 8 nitrogen and oxygen atoms in total. The number of carbonyl (C=O) groups is 2. The molecule has 138 valence electrons. The summed E-state index contributed by atoms with van der Waals surface area (Å²) in [5.41, 5.74) is 1.23. The van der Waals surface area contributed by atoms with Gasteiger partial charge in [-0.1, -0.05) is 12.1 Å². The predicted molar refractivity (Wildman–Crippen MR) is 97.1 cm³/mol. The molecule has 8 heteroatoms. The minimum Gasteiger partial charge on any atom is -0.468 e. The van der Waals surface area contributed by atoms with Gasteiger partial charge in [-0.3, -0.25) is 14.4 Å². The molecule has 0 bridgehead atoms. The molecule has 2 aromatic rings. The molecule has 26 heavy (non-hydrogen) atoms. The van der Waals surface area contributed by atoms with Crippen LogP contribution in [0.2, 0.25) is 0 Å². The van der Waals surface area contributed by atoms with Gasteiger partial charge >= 0.3 is 5.97 Å². The van der Waals surface area contributed by atoms with Crippen LogP contribution in [0, 0.1) is 0 Å². The van der Waals surface area contributed by atoms with Crippen molar-refractivity contribution in [2.24, 2.45) is 0 Å². The number of anilines is 1. The number of ether oxygens (including phenoxy) is 1. The van der Waals surface area contributed by atoms with Crippen LogP contribution in [0.25, 0.3) is 11.0 Å². The summed E-state index contributed by atoms with van der Waals surface area (Å²) in [4.78, 5) is 42.6. The van der Waals surface area contributed by atoms with Gasteiger partial charge in [0.05, 0.1) is 18.1 Å². The lowest BCUT2D eigenvalue weighted by Gasteiger charge is -2.18. The highest BCUT2D eigenvalue weighted by Gasteiger charge is 2.20. The molecule has 3 rings (SSSR count). The standard InChI is InChI=1S/C18H22N4O4/c1-26-16(24)12-19-15(23)8-11-22-14-7-3-2-6-13(14)20-17(18(22)25)21-9-4-5-10-21/h2-3,6-7H,4-5,8-12H2,1H3,(H,19,23). The molecule has 1 aliphatic heterocycles. The summed E-state index contributed by atoms with van der Waals surface area (Å²) >= 11 is 0. The van der Waals surface area contributed by atoms with E-state index in [2.05, 4.69) is 15.0 Å². The smallest absolute Gasteiger partial charge is 0.325 e. The number of methoxy groups -OCH3 is 1. The van der Waals surface area contributed by atoms with E-state index in [0.717, 1.165) is 31.4 Å². The average molecular weight is 358 g/mol. The second-order valence-corrected chi connectivity index (χ2v) is 6.18. The van der Waals surface area contributed by atoms with Crippen molar-refractivity contribution in [1.82, 2.24) is 14.9 Å². The molecule has 0 aliphatic carbocycles. The van der Waals surface area contributed by atoms with Crippen molar-refractivity contribution in [3.63, 3.8) is 0 Å². The third-order valence-corrected chi connectivity index (χ3v) is 4.46. The number of hydrogen-bond donors (Lipinski definition) is 1. The average Bonchev–Trinajstić information content (AvgIpc) is 3.19. The van der Waals surface area contributed by atoms with Gasteiger partial charge in [0.25, 0.3) is 5.56 Å². The Labute approximate surface area is 150 Å². The second kappa shape index (κ2) is 7.99. The van der Waals surface area contributed by atoms with E-state index < -0.39 is 5.97 Å². The highest BCUT2D eigenvalue weighted by Crippen LogP contribution is 2.18. The molecule has 1 amide bonds. The molecular formula is C18H22N4O4. The van der Waals surface area contributed by atoms with E-state index in [1.807, 2.05) is 29.2 Å². The Hall–Kier alpha value is -2.90. The molecule has 0 spiro atoms. The zero-order valence-electron chi connectivity index (χ0n) is 14.7. The lowest BCUT2D eigenvalue weighted by Crippen LogP contribution is -2.34. The predicted octanol–water partition coefficient (Wildman–Crippen LogP) is 0.676. The number of esters is 1. The van der Waals surface area contributed by atoms with Gasteiger partial charge < -0.3 is 19.5 Å². The van der Waals surface area contributed by atoms with Gasteiger partial charge in [0.15, 0.2) is 5.82 Å². The van der Waals surface area contributed by atoms with Crippen LogP contribution in [0.1, 0.15) is 19.3 Å². The van der Waals surface area contributed by atoms with Gasteiger partial charge in [0.2, 0.25) is 5.91 Å². The molecule has 0 radical (unpaired) electrons. The molecule has 2 heterocycles. The van der Waals surface area contributed by atoms with Crippen LogP contribution in [0.3, 0.4) is 0 Å². The first kappa shape index (κ1) is 17.9. The van der Waals surface area contributed by atoms with Crippen molar-refractivity contribution in [3.8, 4) is 0 Å². The number of benzene rings is 1. The van der Waals surface area contributed by atoms with E-state index in [0.29, 0.717) is 11.3 Å². The summed E-state index contributed by atoms with van der Waals surface area (Å²) < 4.78 is 6.08. The first-order chi connectivity index (χ1) is 12.6. The highest BCUT2D eigenvalue weighted by atomic mass is 16.5. The van der Waals surface area contributed by atoms with Crippen LogP contribution < -0.4 is 15.8 Å².